The smallest absolute Gasteiger partial charge is 0.340 e. The van der Waals surface area contributed by atoms with Crippen molar-refractivity contribution in [2.75, 3.05) is 6.61 Å². The van der Waals surface area contributed by atoms with Crippen LogP contribution in [-0.4, -0.2) is 28.6 Å². The number of esters is 1. The van der Waals surface area contributed by atoms with Crippen LogP contribution in [0.5, 0.6) is 0 Å². The van der Waals surface area contributed by atoms with Gasteiger partial charge in [-0.15, -0.1) is 0 Å². The molecule has 4 saturated carbocycles. The van der Waals surface area contributed by atoms with E-state index in [1.165, 1.54) is 19.3 Å². The van der Waals surface area contributed by atoms with Crippen molar-refractivity contribution < 1.29 is 14.3 Å². The molecule has 0 aliphatic heterocycles. The molecule has 1 aromatic carbocycles. The first-order valence-electron chi connectivity index (χ1n) is 11.1. The molecule has 5 heteroatoms. The number of nitrogens with zero attached hydrogens (tertiary/aromatic N) is 1. The lowest BCUT2D eigenvalue weighted by Crippen LogP contribution is -2.60. The highest BCUT2D eigenvalue weighted by molar-refractivity contribution is 5.93. The molecular formula is C25H30N2O3. The Bertz CT molecular complexity index is 940. The van der Waals surface area contributed by atoms with Gasteiger partial charge < -0.3 is 14.6 Å². The normalized spacial score (nSPS) is 29.1. The molecule has 0 radical (unpaired) electrons. The Balaban J connectivity index is 1.23. The molecule has 4 aliphatic carbocycles. The fourth-order valence-corrected chi connectivity index (χ4v) is 6.75. The third-order valence-corrected chi connectivity index (χ3v) is 7.44. The molecule has 1 N–H and O–H groups in total. The van der Waals surface area contributed by atoms with E-state index in [0.717, 1.165) is 54.1 Å². The van der Waals surface area contributed by atoms with Crippen molar-refractivity contribution in [3.63, 3.8) is 0 Å². The molecule has 5 nitrogen and oxygen atoms in total. The molecule has 4 bridgehead atoms. The van der Waals surface area contributed by atoms with Gasteiger partial charge in [-0.3, -0.25) is 4.79 Å². The SMILES string of the molecule is Cc1cc(C(=O)OCC(=O)NC23CC4CC(CC(C4)C2)C3)c(C)n1-c1ccccc1. The molecule has 1 aromatic heterocycles. The number of hydrogen-bond donors (Lipinski definition) is 1. The number of benzene rings is 1. The maximum absolute atomic E-state index is 12.7. The predicted octanol–water partition coefficient (Wildman–Crippen LogP) is 4.34. The molecule has 2 aromatic rings. The maximum Gasteiger partial charge on any atom is 0.340 e. The van der Waals surface area contributed by atoms with Crippen molar-refractivity contribution in [3.8, 4) is 5.69 Å². The highest BCUT2D eigenvalue weighted by Crippen LogP contribution is 2.55. The van der Waals surface area contributed by atoms with E-state index in [1.54, 1.807) is 0 Å². The number of aromatic nitrogens is 1. The third-order valence-electron chi connectivity index (χ3n) is 7.44. The van der Waals surface area contributed by atoms with Crippen LogP contribution in [0.15, 0.2) is 36.4 Å². The van der Waals surface area contributed by atoms with E-state index in [0.29, 0.717) is 5.56 Å². The van der Waals surface area contributed by atoms with Crippen LogP contribution in [0.2, 0.25) is 0 Å². The van der Waals surface area contributed by atoms with E-state index in [-0.39, 0.29) is 18.1 Å². The number of para-hydroxylation sites is 1. The fourth-order valence-electron chi connectivity index (χ4n) is 6.75. The van der Waals surface area contributed by atoms with Gasteiger partial charge in [0, 0.05) is 22.6 Å². The number of aryl methyl sites for hydroxylation is 1. The second kappa shape index (κ2) is 7.29. The number of ether oxygens (including phenoxy) is 1. The molecule has 1 heterocycles. The van der Waals surface area contributed by atoms with Crippen molar-refractivity contribution in [1.29, 1.82) is 0 Å². The summed E-state index contributed by atoms with van der Waals surface area (Å²) < 4.78 is 7.46. The molecule has 4 aliphatic rings. The van der Waals surface area contributed by atoms with Gasteiger partial charge in [0.15, 0.2) is 6.61 Å². The van der Waals surface area contributed by atoms with Crippen LogP contribution in [-0.2, 0) is 9.53 Å². The Morgan fingerprint density at radius 2 is 1.63 bits per heavy atom. The van der Waals surface area contributed by atoms with Gasteiger partial charge in [-0.25, -0.2) is 4.79 Å². The Labute approximate surface area is 177 Å². The summed E-state index contributed by atoms with van der Waals surface area (Å²) in [5.41, 5.74) is 3.25. The summed E-state index contributed by atoms with van der Waals surface area (Å²) in [5.74, 6) is 1.69. The van der Waals surface area contributed by atoms with Gasteiger partial charge in [-0.05, 0) is 88.3 Å². The number of nitrogens with one attached hydrogen (secondary N) is 1. The van der Waals surface area contributed by atoms with Gasteiger partial charge in [-0.2, -0.15) is 0 Å². The summed E-state index contributed by atoms with van der Waals surface area (Å²) in [4.78, 5) is 25.4. The van der Waals surface area contributed by atoms with Crippen LogP contribution in [0.3, 0.4) is 0 Å². The lowest BCUT2D eigenvalue weighted by atomic mass is 9.53. The zero-order valence-electron chi connectivity index (χ0n) is 17.8. The quantitative estimate of drug-likeness (QED) is 0.752. The first-order chi connectivity index (χ1) is 14.4. The minimum Gasteiger partial charge on any atom is -0.452 e. The Morgan fingerprint density at radius 1 is 1.03 bits per heavy atom. The average Bonchev–Trinajstić information content (AvgIpc) is 2.99. The van der Waals surface area contributed by atoms with E-state index in [1.807, 2.05) is 54.8 Å². The number of amides is 1. The summed E-state index contributed by atoms with van der Waals surface area (Å²) in [6.45, 7) is 3.66. The van der Waals surface area contributed by atoms with E-state index in [9.17, 15) is 9.59 Å². The second-order valence-corrected chi connectivity index (χ2v) is 9.78. The van der Waals surface area contributed by atoms with Gasteiger partial charge in [0.2, 0.25) is 0 Å². The third kappa shape index (κ3) is 3.44. The fraction of sp³-hybridized carbons (Fsp3) is 0.520. The molecule has 30 heavy (non-hydrogen) atoms. The zero-order chi connectivity index (χ0) is 20.9. The van der Waals surface area contributed by atoms with Crippen molar-refractivity contribution in [1.82, 2.24) is 9.88 Å². The Kier molecular flexibility index (Phi) is 4.72. The summed E-state index contributed by atoms with van der Waals surface area (Å²) in [5, 5.41) is 3.27. The molecular weight excluding hydrogens is 376 g/mol. The van der Waals surface area contributed by atoms with Crippen LogP contribution in [0.25, 0.3) is 5.69 Å². The van der Waals surface area contributed by atoms with Gasteiger partial charge >= 0.3 is 5.97 Å². The van der Waals surface area contributed by atoms with Crippen LogP contribution in [0.1, 0.15) is 60.3 Å². The van der Waals surface area contributed by atoms with Crippen molar-refractivity contribution in [3.05, 3.63) is 53.3 Å². The van der Waals surface area contributed by atoms with Gasteiger partial charge in [0.1, 0.15) is 0 Å². The molecule has 1 amide bonds. The minimum absolute atomic E-state index is 0.0542. The van der Waals surface area contributed by atoms with Crippen LogP contribution in [0.4, 0.5) is 0 Å². The molecule has 0 atom stereocenters. The first-order valence-corrected chi connectivity index (χ1v) is 11.1. The Morgan fingerprint density at radius 3 is 2.23 bits per heavy atom. The van der Waals surface area contributed by atoms with E-state index >= 15 is 0 Å². The highest BCUT2D eigenvalue weighted by Gasteiger charge is 2.51. The molecule has 4 fully saturated rings. The van der Waals surface area contributed by atoms with E-state index < -0.39 is 5.97 Å². The maximum atomic E-state index is 12.7. The van der Waals surface area contributed by atoms with Crippen molar-refractivity contribution >= 4 is 11.9 Å². The monoisotopic (exact) mass is 406 g/mol. The predicted molar refractivity (Wildman–Crippen MR) is 115 cm³/mol. The topological polar surface area (TPSA) is 60.3 Å². The summed E-state index contributed by atoms with van der Waals surface area (Å²) in [7, 11) is 0. The number of rotatable bonds is 5. The van der Waals surface area contributed by atoms with E-state index in [2.05, 4.69) is 5.32 Å². The molecule has 158 valence electrons. The van der Waals surface area contributed by atoms with Crippen molar-refractivity contribution in [2.45, 2.75) is 57.9 Å². The summed E-state index contributed by atoms with van der Waals surface area (Å²) in [6.07, 6.45) is 7.29. The summed E-state index contributed by atoms with van der Waals surface area (Å²) >= 11 is 0. The van der Waals surface area contributed by atoms with Gasteiger partial charge in [0.25, 0.3) is 5.91 Å². The second-order valence-electron chi connectivity index (χ2n) is 9.78. The number of hydrogen-bond acceptors (Lipinski definition) is 3. The number of carbonyl (C=O) groups is 2. The highest BCUT2D eigenvalue weighted by atomic mass is 16.5. The van der Waals surface area contributed by atoms with Gasteiger partial charge in [0.05, 0.1) is 5.56 Å². The van der Waals surface area contributed by atoms with Crippen LogP contribution in [0, 0.1) is 31.6 Å². The minimum atomic E-state index is -0.439. The first kappa shape index (κ1) is 19.4. The zero-order valence-corrected chi connectivity index (χ0v) is 17.8. The molecule has 0 saturated heterocycles. The largest absolute Gasteiger partial charge is 0.452 e. The van der Waals surface area contributed by atoms with Gasteiger partial charge in [-0.1, -0.05) is 18.2 Å². The lowest BCUT2D eigenvalue weighted by molar-refractivity contribution is -0.130. The number of carbonyl (C=O) groups excluding carboxylic acids is 2. The molecule has 6 rings (SSSR count). The van der Waals surface area contributed by atoms with Crippen LogP contribution >= 0.6 is 0 Å². The molecule has 0 unspecified atom stereocenters. The lowest BCUT2D eigenvalue weighted by Gasteiger charge is -2.56. The van der Waals surface area contributed by atoms with E-state index in [4.69, 9.17) is 4.74 Å². The molecule has 0 spiro atoms. The standard InChI is InChI=1S/C25H30N2O3/c1-16-8-22(17(2)27(16)21-6-4-3-5-7-21)24(29)30-15-23(28)26-25-12-18-9-19(13-25)11-20(10-18)14-25/h3-8,18-20H,9-15H2,1-2H3,(H,26,28). The summed E-state index contributed by atoms with van der Waals surface area (Å²) in [6, 6.07) is 11.8. The van der Waals surface area contributed by atoms with Crippen LogP contribution < -0.4 is 5.32 Å². The van der Waals surface area contributed by atoms with Crippen molar-refractivity contribution in [2.24, 2.45) is 17.8 Å². The average molecular weight is 407 g/mol. The Hall–Kier alpha value is -2.56.